The fourth-order valence-electron chi connectivity index (χ4n) is 2.12. The SMILES string of the molecule is Cc1oc(C(N)=O)cc1-c1csc(NCc2ccc(F)cc2)n1. The number of halogens is 1. The molecule has 2 heterocycles. The number of aromatic nitrogens is 1. The van der Waals surface area contributed by atoms with Gasteiger partial charge in [0, 0.05) is 17.5 Å². The summed E-state index contributed by atoms with van der Waals surface area (Å²) in [5, 5.41) is 5.78. The number of furan rings is 1. The zero-order chi connectivity index (χ0) is 16.4. The molecule has 0 atom stereocenters. The van der Waals surface area contributed by atoms with E-state index in [-0.39, 0.29) is 11.6 Å². The fraction of sp³-hybridized carbons (Fsp3) is 0.125. The quantitative estimate of drug-likeness (QED) is 0.749. The standard InChI is InChI=1S/C16H14FN3O2S/c1-9-12(6-14(22-9)15(18)21)13-8-23-16(20-13)19-7-10-2-4-11(17)5-3-10/h2-6,8H,7H2,1H3,(H2,18,21)(H,19,20). The van der Waals surface area contributed by atoms with E-state index < -0.39 is 5.91 Å². The van der Waals surface area contributed by atoms with Gasteiger partial charge in [-0.15, -0.1) is 11.3 Å². The van der Waals surface area contributed by atoms with E-state index in [9.17, 15) is 9.18 Å². The third kappa shape index (κ3) is 3.40. The third-order valence-corrected chi connectivity index (χ3v) is 4.10. The largest absolute Gasteiger partial charge is 0.456 e. The molecule has 23 heavy (non-hydrogen) atoms. The predicted molar refractivity (Wildman–Crippen MR) is 86.8 cm³/mol. The molecular weight excluding hydrogens is 317 g/mol. The molecule has 1 aromatic carbocycles. The number of nitrogens with one attached hydrogen (secondary N) is 1. The molecular formula is C16H14FN3O2S. The monoisotopic (exact) mass is 331 g/mol. The van der Waals surface area contributed by atoms with E-state index in [0.29, 0.717) is 18.0 Å². The van der Waals surface area contributed by atoms with Gasteiger partial charge in [0.25, 0.3) is 5.91 Å². The van der Waals surface area contributed by atoms with Crippen LogP contribution in [-0.4, -0.2) is 10.9 Å². The van der Waals surface area contributed by atoms with Gasteiger partial charge < -0.3 is 15.5 Å². The Balaban J connectivity index is 1.73. The number of amides is 1. The number of benzene rings is 1. The van der Waals surface area contributed by atoms with E-state index in [1.165, 1.54) is 23.5 Å². The molecule has 2 aromatic heterocycles. The molecule has 1 amide bonds. The first-order chi connectivity index (χ1) is 11.0. The molecule has 3 N–H and O–H groups in total. The summed E-state index contributed by atoms with van der Waals surface area (Å²) < 4.78 is 18.2. The Morgan fingerprint density at radius 2 is 2.13 bits per heavy atom. The summed E-state index contributed by atoms with van der Waals surface area (Å²) in [6.45, 7) is 2.30. The lowest BCUT2D eigenvalue weighted by Gasteiger charge is -2.02. The number of carbonyl (C=O) groups excluding carboxylic acids is 1. The molecule has 7 heteroatoms. The first-order valence-corrected chi connectivity index (χ1v) is 7.75. The molecule has 5 nitrogen and oxygen atoms in total. The second-order valence-electron chi connectivity index (χ2n) is 4.96. The Morgan fingerprint density at radius 1 is 1.39 bits per heavy atom. The topological polar surface area (TPSA) is 81.1 Å². The van der Waals surface area contributed by atoms with Crippen LogP contribution in [0.15, 0.2) is 40.1 Å². The van der Waals surface area contributed by atoms with E-state index in [0.717, 1.165) is 16.3 Å². The van der Waals surface area contributed by atoms with Crippen molar-refractivity contribution in [2.45, 2.75) is 13.5 Å². The Morgan fingerprint density at radius 3 is 2.78 bits per heavy atom. The van der Waals surface area contributed by atoms with Crippen LogP contribution in [0.25, 0.3) is 11.3 Å². The van der Waals surface area contributed by atoms with Gasteiger partial charge in [-0.3, -0.25) is 4.79 Å². The molecule has 0 spiro atoms. The van der Waals surface area contributed by atoms with Crippen molar-refractivity contribution in [1.29, 1.82) is 0 Å². The Labute approximate surface area is 136 Å². The maximum atomic E-state index is 12.9. The number of rotatable bonds is 5. The van der Waals surface area contributed by atoms with Crippen molar-refractivity contribution in [3.63, 3.8) is 0 Å². The molecule has 0 saturated carbocycles. The highest BCUT2D eigenvalue weighted by Gasteiger charge is 2.15. The van der Waals surface area contributed by atoms with Gasteiger partial charge in [0.1, 0.15) is 11.6 Å². The van der Waals surface area contributed by atoms with Crippen LogP contribution in [0, 0.1) is 12.7 Å². The molecule has 118 valence electrons. The van der Waals surface area contributed by atoms with E-state index in [4.69, 9.17) is 10.2 Å². The summed E-state index contributed by atoms with van der Waals surface area (Å²) in [6.07, 6.45) is 0. The molecule has 3 aromatic rings. The maximum Gasteiger partial charge on any atom is 0.284 e. The zero-order valence-electron chi connectivity index (χ0n) is 12.3. The van der Waals surface area contributed by atoms with E-state index in [1.54, 1.807) is 25.1 Å². The minimum atomic E-state index is -0.607. The van der Waals surface area contributed by atoms with Crippen molar-refractivity contribution in [2.24, 2.45) is 5.73 Å². The molecule has 3 rings (SSSR count). The van der Waals surface area contributed by atoms with Crippen LogP contribution in [0.3, 0.4) is 0 Å². The van der Waals surface area contributed by atoms with Crippen molar-refractivity contribution in [2.75, 3.05) is 5.32 Å². The number of nitrogens with zero attached hydrogens (tertiary/aromatic N) is 1. The van der Waals surface area contributed by atoms with Crippen LogP contribution in [-0.2, 0) is 6.54 Å². The summed E-state index contributed by atoms with van der Waals surface area (Å²) in [6, 6.07) is 7.87. The third-order valence-electron chi connectivity index (χ3n) is 3.30. The minimum absolute atomic E-state index is 0.117. The zero-order valence-corrected chi connectivity index (χ0v) is 13.1. The Hall–Kier alpha value is -2.67. The lowest BCUT2D eigenvalue weighted by molar-refractivity contribution is 0.0972. The maximum absolute atomic E-state index is 12.9. The number of nitrogens with two attached hydrogens (primary N) is 1. The summed E-state index contributed by atoms with van der Waals surface area (Å²) in [4.78, 5) is 15.6. The van der Waals surface area contributed by atoms with Gasteiger partial charge in [-0.2, -0.15) is 0 Å². The first-order valence-electron chi connectivity index (χ1n) is 6.87. The average Bonchev–Trinajstić information content (AvgIpc) is 3.13. The number of thiazole rings is 1. The van der Waals surface area contributed by atoms with E-state index in [2.05, 4.69) is 10.3 Å². The molecule has 0 bridgehead atoms. The second-order valence-corrected chi connectivity index (χ2v) is 5.82. The molecule has 0 aliphatic heterocycles. The number of carbonyl (C=O) groups is 1. The molecule has 0 saturated heterocycles. The summed E-state index contributed by atoms with van der Waals surface area (Å²) >= 11 is 1.44. The highest BCUT2D eigenvalue weighted by Crippen LogP contribution is 2.29. The number of anilines is 1. The molecule has 0 aliphatic rings. The van der Waals surface area contributed by atoms with Gasteiger partial charge in [-0.1, -0.05) is 12.1 Å². The van der Waals surface area contributed by atoms with E-state index in [1.807, 2.05) is 5.38 Å². The van der Waals surface area contributed by atoms with Crippen molar-refractivity contribution in [3.05, 3.63) is 58.6 Å². The van der Waals surface area contributed by atoms with Crippen LogP contribution in [0.4, 0.5) is 9.52 Å². The fourth-order valence-corrected chi connectivity index (χ4v) is 2.83. The Kier molecular flexibility index (Phi) is 4.12. The van der Waals surface area contributed by atoms with E-state index >= 15 is 0 Å². The van der Waals surface area contributed by atoms with Gasteiger partial charge in [0.05, 0.1) is 5.69 Å². The van der Waals surface area contributed by atoms with Crippen LogP contribution in [0.2, 0.25) is 0 Å². The van der Waals surface area contributed by atoms with Crippen LogP contribution in [0.1, 0.15) is 21.9 Å². The van der Waals surface area contributed by atoms with Gasteiger partial charge in [-0.25, -0.2) is 9.37 Å². The van der Waals surface area contributed by atoms with Crippen molar-refractivity contribution >= 4 is 22.4 Å². The van der Waals surface area contributed by atoms with Crippen molar-refractivity contribution < 1.29 is 13.6 Å². The number of hydrogen-bond donors (Lipinski definition) is 2. The normalized spacial score (nSPS) is 10.7. The van der Waals surface area contributed by atoms with Crippen LogP contribution < -0.4 is 11.1 Å². The molecule has 0 fully saturated rings. The highest BCUT2D eigenvalue weighted by atomic mass is 32.1. The minimum Gasteiger partial charge on any atom is -0.456 e. The smallest absolute Gasteiger partial charge is 0.284 e. The van der Waals surface area contributed by atoms with Gasteiger partial charge in [0.2, 0.25) is 0 Å². The molecule has 0 unspecified atom stereocenters. The van der Waals surface area contributed by atoms with Crippen LogP contribution >= 0.6 is 11.3 Å². The second kappa shape index (κ2) is 6.21. The number of hydrogen-bond acceptors (Lipinski definition) is 5. The predicted octanol–water partition coefficient (Wildman–Crippen LogP) is 3.56. The van der Waals surface area contributed by atoms with Crippen molar-refractivity contribution in [3.8, 4) is 11.3 Å². The highest BCUT2D eigenvalue weighted by molar-refractivity contribution is 7.14. The summed E-state index contributed by atoms with van der Waals surface area (Å²) in [5.41, 5.74) is 7.62. The number of aryl methyl sites for hydroxylation is 1. The van der Waals surface area contributed by atoms with Gasteiger partial charge in [-0.05, 0) is 30.7 Å². The molecule has 0 aliphatic carbocycles. The molecule has 0 radical (unpaired) electrons. The lowest BCUT2D eigenvalue weighted by atomic mass is 10.2. The number of primary amides is 1. The summed E-state index contributed by atoms with van der Waals surface area (Å²) in [5.74, 6) is -0.157. The van der Waals surface area contributed by atoms with Crippen molar-refractivity contribution in [1.82, 2.24) is 4.98 Å². The summed E-state index contributed by atoms with van der Waals surface area (Å²) in [7, 11) is 0. The lowest BCUT2D eigenvalue weighted by Crippen LogP contribution is -2.09. The van der Waals surface area contributed by atoms with Gasteiger partial charge >= 0.3 is 0 Å². The average molecular weight is 331 g/mol. The Bertz CT molecular complexity index is 839. The van der Waals surface area contributed by atoms with Crippen LogP contribution in [0.5, 0.6) is 0 Å². The van der Waals surface area contributed by atoms with Gasteiger partial charge in [0.15, 0.2) is 10.9 Å². The first kappa shape index (κ1) is 15.2.